The van der Waals surface area contributed by atoms with Gasteiger partial charge in [-0.1, -0.05) is 17.8 Å². The van der Waals surface area contributed by atoms with Gasteiger partial charge in [-0.15, -0.1) is 0 Å². The summed E-state index contributed by atoms with van der Waals surface area (Å²) in [5.74, 6) is -1.75. The molecule has 0 spiro atoms. The number of nitrogens with two attached hydrogens (primary N) is 1. The van der Waals surface area contributed by atoms with Crippen molar-refractivity contribution in [1.82, 2.24) is 0 Å². The average molecular weight is 283 g/mol. The van der Waals surface area contributed by atoms with Crippen molar-refractivity contribution in [2.24, 2.45) is 5.73 Å². The van der Waals surface area contributed by atoms with Gasteiger partial charge in [0.05, 0.1) is 4.90 Å². The molecule has 2 rings (SSSR count). The highest BCUT2D eigenvalue weighted by Crippen LogP contribution is 2.33. The van der Waals surface area contributed by atoms with Crippen LogP contribution in [0.15, 0.2) is 46.2 Å². The highest BCUT2D eigenvalue weighted by molar-refractivity contribution is 7.99. The van der Waals surface area contributed by atoms with Crippen LogP contribution in [0.25, 0.3) is 0 Å². The van der Waals surface area contributed by atoms with Gasteiger partial charge in [0.25, 0.3) is 0 Å². The predicted molar refractivity (Wildman–Crippen MR) is 69.6 cm³/mol. The first-order valence-electron chi connectivity index (χ1n) is 5.71. The fourth-order valence-corrected chi connectivity index (χ4v) is 2.54. The summed E-state index contributed by atoms with van der Waals surface area (Å²) in [6.45, 7) is 0.329. The van der Waals surface area contributed by atoms with Gasteiger partial charge >= 0.3 is 0 Å². The molecule has 100 valence electrons. The molecule has 0 aliphatic carbocycles. The maximum Gasteiger partial charge on any atom is 0.140 e. The van der Waals surface area contributed by atoms with Crippen LogP contribution < -0.4 is 5.73 Å². The molecule has 2 aromatic rings. The number of hydrogen-bond acceptors (Lipinski definition) is 2. The van der Waals surface area contributed by atoms with Crippen LogP contribution in [0.3, 0.4) is 0 Å². The molecular weight excluding hydrogens is 271 g/mol. The van der Waals surface area contributed by atoms with E-state index in [-0.39, 0.29) is 4.90 Å². The summed E-state index contributed by atoms with van der Waals surface area (Å²) in [7, 11) is 0. The van der Waals surface area contributed by atoms with Crippen LogP contribution in [0.1, 0.15) is 5.56 Å². The van der Waals surface area contributed by atoms with Gasteiger partial charge in [0.2, 0.25) is 0 Å². The summed E-state index contributed by atoms with van der Waals surface area (Å²) >= 11 is 0.861. The summed E-state index contributed by atoms with van der Waals surface area (Å²) in [6.07, 6.45) is 0.415. The Balaban J connectivity index is 2.30. The Kier molecular flexibility index (Phi) is 4.50. The third-order valence-electron chi connectivity index (χ3n) is 2.51. The molecular formula is C14H12F3NS. The van der Waals surface area contributed by atoms with E-state index < -0.39 is 17.5 Å². The Bertz CT molecular complexity index is 564. The number of halogens is 3. The molecule has 0 atom stereocenters. The molecule has 19 heavy (non-hydrogen) atoms. The van der Waals surface area contributed by atoms with Gasteiger partial charge in [-0.05, 0) is 48.9 Å². The first-order chi connectivity index (χ1) is 9.10. The van der Waals surface area contributed by atoms with Crippen LogP contribution in [-0.2, 0) is 6.42 Å². The van der Waals surface area contributed by atoms with E-state index in [4.69, 9.17) is 5.73 Å². The van der Waals surface area contributed by atoms with Crippen molar-refractivity contribution in [3.63, 3.8) is 0 Å². The number of hydrogen-bond donors (Lipinski definition) is 1. The van der Waals surface area contributed by atoms with Crippen molar-refractivity contribution in [2.75, 3.05) is 6.54 Å². The lowest BCUT2D eigenvalue weighted by atomic mass is 10.1. The van der Waals surface area contributed by atoms with Crippen molar-refractivity contribution in [3.8, 4) is 0 Å². The molecule has 0 aromatic heterocycles. The van der Waals surface area contributed by atoms with Crippen LogP contribution in [0.4, 0.5) is 13.2 Å². The van der Waals surface area contributed by atoms with Crippen LogP contribution in [0, 0.1) is 17.5 Å². The zero-order valence-corrected chi connectivity index (χ0v) is 10.8. The normalized spacial score (nSPS) is 10.7. The van der Waals surface area contributed by atoms with Gasteiger partial charge in [-0.25, -0.2) is 13.2 Å². The van der Waals surface area contributed by atoms with Crippen LogP contribution >= 0.6 is 11.8 Å². The second-order valence-corrected chi connectivity index (χ2v) is 5.07. The molecule has 0 heterocycles. The molecule has 0 aliphatic rings. The predicted octanol–water partition coefficient (Wildman–Crippen LogP) is 3.76. The Morgan fingerprint density at radius 1 is 1.00 bits per heavy atom. The maximum atomic E-state index is 13.8. The second kappa shape index (κ2) is 6.12. The van der Waals surface area contributed by atoms with E-state index in [1.54, 1.807) is 6.07 Å². The van der Waals surface area contributed by atoms with E-state index in [1.165, 1.54) is 30.3 Å². The van der Waals surface area contributed by atoms with Gasteiger partial charge in [-0.3, -0.25) is 0 Å². The quantitative estimate of drug-likeness (QED) is 0.924. The molecule has 1 nitrogen and oxygen atoms in total. The molecule has 0 aliphatic heterocycles. The lowest BCUT2D eigenvalue weighted by Gasteiger charge is -2.07. The Morgan fingerprint density at radius 3 is 2.26 bits per heavy atom. The summed E-state index contributed by atoms with van der Waals surface area (Å²) in [5, 5.41) is 0. The molecule has 2 aromatic carbocycles. The van der Waals surface area contributed by atoms with Gasteiger partial charge in [0, 0.05) is 4.90 Å². The minimum atomic E-state index is -0.655. The molecule has 0 amide bonds. The number of rotatable bonds is 4. The summed E-state index contributed by atoms with van der Waals surface area (Å²) in [6, 6.07) is 8.13. The molecule has 0 saturated heterocycles. The minimum absolute atomic E-state index is 0.133. The first kappa shape index (κ1) is 14.0. The molecule has 0 radical (unpaired) electrons. The third-order valence-corrected chi connectivity index (χ3v) is 3.59. The Hall–Kier alpha value is -1.46. The lowest BCUT2D eigenvalue weighted by molar-refractivity contribution is 0.537. The molecule has 5 heteroatoms. The van der Waals surface area contributed by atoms with Gasteiger partial charge < -0.3 is 5.73 Å². The summed E-state index contributed by atoms with van der Waals surface area (Å²) in [4.78, 5) is 0.316. The van der Waals surface area contributed by atoms with E-state index in [0.717, 1.165) is 11.8 Å². The smallest absolute Gasteiger partial charge is 0.140 e. The molecule has 0 unspecified atom stereocenters. The third kappa shape index (κ3) is 3.52. The lowest BCUT2D eigenvalue weighted by Crippen LogP contribution is -2.04. The van der Waals surface area contributed by atoms with E-state index in [0.29, 0.717) is 23.4 Å². The molecule has 2 N–H and O–H groups in total. The fraction of sp³-hybridized carbons (Fsp3) is 0.143. The average Bonchev–Trinajstić information content (AvgIpc) is 2.34. The van der Waals surface area contributed by atoms with Gasteiger partial charge in [0.1, 0.15) is 17.5 Å². The monoisotopic (exact) mass is 283 g/mol. The van der Waals surface area contributed by atoms with E-state index >= 15 is 0 Å². The molecule has 0 saturated carbocycles. The first-order valence-corrected chi connectivity index (χ1v) is 6.53. The second-order valence-electron chi connectivity index (χ2n) is 3.99. The van der Waals surface area contributed by atoms with Gasteiger partial charge in [0.15, 0.2) is 0 Å². The summed E-state index contributed by atoms with van der Waals surface area (Å²) in [5.41, 5.74) is 5.86. The van der Waals surface area contributed by atoms with Crippen molar-refractivity contribution >= 4 is 11.8 Å². The number of benzene rings is 2. The topological polar surface area (TPSA) is 26.0 Å². The zero-order chi connectivity index (χ0) is 13.8. The van der Waals surface area contributed by atoms with Crippen molar-refractivity contribution in [1.29, 1.82) is 0 Å². The van der Waals surface area contributed by atoms with Crippen LogP contribution in [-0.4, -0.2) is 6.54 Å². The van der Waals surface area contributed by atoms with E-state index in [1.807, 2.05) is 0 Å². The molecule has 0 fully saturated rings. The van der Waals surface area contributed by atoms with Crippen molar-refractivity contribution in [2.45, 2.75) is 16.2 Å². The Morgan fingerprint density at radius 2 is 1.68 bits per heavy atom. The zero-order valence-electron chi connectivity index (χ0n) is 10.00. The SMILES string of the molecule is NCCc1cc(F)c(Sc2cccc(F)c2)c(F)c1. The van der Waals surface area contributed by atoms with Crippen LogP contribution in [0.5, 0.6) is 0 Å². The minimum Gasteiger partial charge on any atom is -0.330 e. The summed E-state index contributed by atoms with van der Waals surface area (Å²) < 4.78 is 40.7. The van der Waals surface area contributed by atoms with Crippen molar-refractivity contribution in [3.05, 3.63) is 59.4 Å². The van der Waals surface area contributed by atoms with Crippen LogP contribution in [0.2, 0.25) is 0 Å². The molecule has 0 bridgehead atoms. The van der Waals surface area contributed by atoms with Gasteiger partial charge in [-0.2, -0.15) is 0 Å². The van der Waals surface area contributed by atoms with Crippen molar-refractivity contribution < 1.29 is 13.2 Å². The fourth-order valence-electron chi connectivity index (χ4n) is 1.67. The standard InChI is InChI=1S/C14H12F3NS/c15-10-2-1-3-11(8-10)19-14-12(16)6-9(4-5-18)7-13(14)17/h1-3,6-8H,4-5,18H2. The Labute approximate surface area is 113 Å². The van der Waals surface area contributed by atoms with E-state index in [9.17, 15) is 13.2 Å². The highest BCUT2D eigenvalue weighted by atomic mass is 32.2. The largest absolute Gasteiger partial charge is 0.330 e. The highest BCUT2D eigenvalue weighted by Gasteiger charge is 2.13. The van der Waals surface area contributed by atoms with E-state index in [2.05, 4.69) is 0 Å². The maximum absolute atomic E-state index is 13.8.